The molecule has 1 aromatic carbocycles. The minimum atomic E-state index is -6.24. The van der Waals surface area contributed by atoms with Crippen LogP contribution in [0.15, 0.2) is 0 Å². The number of benzene rings is 1. The van der Waals surface area contributed by atoms with Gasteiger partial charge in [0.1, 0.15) is 0 Å². The fourth-order valence-corrected chi connectivity index (χ4v) is 1.14. The monoisotopic (exact) mass is 280 g/mol. The molecule has 0 amide bonds. The molecule has 0 heterocycles. The fourth-order valence-electron chi connectivity index (χ4n) is 1.14. The van der Waals surface area contributed by atoms with Gasteiger partial charge in [0.25, 0.3) is 0 Å². The summed E-state index contributed by atoms with van der Waals surface area (Å²) in [5.41, 5.74) is 3.61. The topological polar surface area (TPSA) is 52.0 Å². The van der Waals surface area contributed by atoms with Crippen LogP contribution in [0.1, 0.15) is 5.56 Å². The normalized spacial score (nSPS) is 12.9. The van der Waals surface area contributed by atoms with Crippen LogP contribution in [0.5, 0.6) is 0 Å². The van der Waals surface area contributed by atoms with Crippen molar-refractivity contribution in [3.05, 3.63) is 23.0 Å². The van der Waals surface area contributed by atoms with Gasteiger partial charge in [0.2, 0.25) is 0 Å². The lowest BCUT2D eigenvalue weighted by molar-refractivity contribution is -0.290. The molecule has 10 heteroatoms. The predicted molar refractivity (Wildman–Crippen MR) is 45.1 cm³/mol. The van der Waals surface area contributed by atoms with Crippen LogP contribution in [-0.2, 0) is 5.92 Å². The van der Waals surface area contributed by atoms with Crippen molar-refractivity contribution in [3.8, 4) is 0 Å². The van der Waals surface area contributed by atoms with Crippen LogP contribution in [0.2, 0.25) is 0 Å². The minimum Gasteiger partial charge on any atom is -0.396 e. The Morgan fingerprint density at radius 2 is 1.11 bits per heavy atom. The number of hydrogen-bond donors (Lipinski definition) is 2. The number of anilines is 2. The zero-order valence-corrected chi connectivity index (χ0v) is 8.18. The molecule has 0 saturated heterocycles. The lowest BCUT2D eigenvalue weighted by Gasteiger charge is -2.22. The highest BCUT2D eigenvalue weighted by atomic mass is 19.4. The fraction of sp³-hybridized carbons (Fsp3) is 0.250. The van der Waals surface area contributed by atoms with Gasteiger partial charge in [0, 0.05) is 0 Å². The van der Waals surface area contributed by atoms with Crippen LogP contribution >= 0.6 is 0 Å². The van der Waals surface area contributed by atoms with Crippen molar-refractivity contribution in [2.24, 2.45) is 0 Å². The maximum atomic E-state index is 13.0. The minimum absolute atomic E-state index is 1.52. The zero-order valence-electron chi connectivity index (χ0n) is 8.18. The highest BCUT2D eigenvalue weighted by molar-refractivity contribution is 5.70. The second kappa shape index (κ2) is 3.89. The third kappa shape index (κ3) is 1.81. The van der Waals surface area contributed by atoms with Crippen LogP contribution in [0.25, 0.3) is 0 Å². The molecule has 0 unspecified atom stereocenters. The second-order valence-corrected chi connectivity index (χ2v) is 3.22. The van der Waals surface area contributed by atoms with E-state index in [4.69, 9.17) is 0 Å². The summed E-state index contributed by atoms with van der Waals surface area (Å²) >= 11 is 0. The second-order valence-electron chi connectivity index (χ2n) is 3.22. The lowest BCUT2D eigenvalue weighted by atomic mass is 10.0. The van der Waals surface area contributed by atoms with Gasteiger partial charge in [0.15, 0.2) is 17.5 Å². The van der Waals surface area contributed by atoms with E-state index in [1.54, 1.807) is 0 Å². The summed E-state index contributed by atoms with van der Waals surface area (Å²) in [7, 11) is 0. The van der Waals surface area contributed by atoms with Gasteiger partial charge >= 0.3 is 12.1 Å². The van der Waals surface area contributed by atoms with Gasteiger partial charge in [-0.2, -0.15) is 22.0 Å². The van der Waals surface area contributed by atoms with E-state index in [0.29, 0.717) is 0 Å². The summed E-state index contributed by atoms with van der Waals surface area (Å²) in [5.74, 6) is -13.2. The first-order valence-corrected chi connectivity index (χ1v) is 4.09. The smallest absolute Gasteiger partial charge is 0.396 e. The summed E-state index contributed by atoms with van der Waals surface area (Å²) in [6, 6.07) is 0. The van der Waals surface area contributed by atoms with Crippen molar-refractivity contribution < 1.29 is 35.1 Å². The number of rotatable bonds is 1. The Hall–Kier alpha value is -1.74. The van der Waals surface area contributed by atoms with Crippen LogP contribution in [0, 0.1) is 17.5 Å². The van der Waals surface area contributed by atoms with E-state index in [-0.39, 0.29) is 0 Å². The van der Waals surface area contributed by atoms with Gasteiger partial charge in [0.05, 0.1) is 16.9 Å². The molecule has 1 aromatic rings. The number of alkyl halides is 5. The molecule has 0 saturated carbocycles. The molecule has 4 N–H and O–H groups in total. The van der Waals surface area contributed by atoms with Gasteiger partial charge in [-0.25, -0.2) is 13.2 Å². The third-order valence-corrected chi connectivity index (χ3v) is 2.07. The van der Waals surface area contributed by atoms with Gasteiger partial charge < -0.3 is 11.5 Å². The standard InChI is InChI=1S/C8H4F8N2/c9-2-1(7(12,13)8(14,15)16)5(17)6(18)4(11)3(2)10/h17-18H2. The van der Waals surface area contributed by atoms with Crippen LogP contribution in [-0.4, -0.2) is 6.18 Å². The summed E-state index contributed by atoms with van der Waals surface area (Å²) in [5, 5.41) is 0. The molecule has 0 fully saturated rings. The number of nitrogen functional groups attached to an aromatic ring is 2. The van der Waals surface area contributed by atoms with Gasteiger partial charge in [-0.15, -0.1) is 0 Å². The van der Waals surface area contributed by atoms with Gasteiger partial charge in [-0.05, 0) is 0 Å². The lowest BCUT2D eigenvalue weighted by Crippen LogP contribution is -2.36. The molecule has 0 aliphatic rings. The summed E-state index contributed by atoms with van der Waals surface area (Å²) in [6.07, 6.45) is -6.24. The van der Waals surface area contributed by atoms with Crippen molar-refractivity contribution in [3.63, 3.8) is 0 Å². The first-order valence-electron chi connectivity index (χ1n) is 4.09. The molecule has 0 radical (unpaired) electrons. The highest BCUT2D eigenvalue weighted by Crippen LogP contribution is 2.48. The van der Waals surface area contributed by atoms with Crippen LogP contribution in [0.3, 0.4) is 0 Å². The quantitative estimate of drug-likeness (QED) is 0.472. The first kappa shape index (κ1) is 14.3. The average Bonchev–Trinajstić information content (AvgIpc) is 2.22. The van der Waals surface area contributed by atoms with Crippen molar-refractivity contribution in [2.75, 3.05) is 11.5 Å². The van der Waals surface area contributed by atoms with E-state index in [0.717, 1.165) is 0 Å². The molecule has 0 bridgehead atoms. The Bertz CT molecular complexity index is 464. The van der Waals surface area contributed by atoms with E-state index >= 15 is 0 Å². The maximum absolute atomic E-state index is 13.0. The molecule has 0 aromatic heterocycles. The van der Waals surface area contributed by atoms with Gasteiger partial charge in [-0.1, -0.05) is 0 Å². The zero-order chi connectivity index (χ0) is 14.5. The molecule has 0 aliphatic carbocycles. The summed E-state index contributed by atoms with van der Waals surface area (Å²) < 4.78 is 100. The molecule has 1 rings (SSSR count). The number of hydrogen-bond acceptors (Lipinski definition) is 2. The van der Waals surface area contributed by atoms with Gasteiger partial charge in [-0.3, -0.25) is 0 Å². The third-order valence-electron chi connectivity index (χ3n) is 2.07. The Kier molecular flexibility index (Phi) is 3.09. The molecule has 0 aliphatic heterocycles. The largest absolute Gasteiger partial charge is 0.458 e. The Labute approximate surface area is 94.2 Å². The molecular formula is C8H4F8N2. The van der Waals surface area contributed by atoms with E-state index in [9.17, 15) is 35.1 Å². The van der Waals surface area contributed by atoms with Crippen molar-refractivity contribution in [1.82, 2.24) is 0 Å². The van der Waals surface area contributed by atoms with E-state index in [1.165, 1.54) is 0 Å². The number of halogens is 8. The SMILES string of the molecule is Nc1c(N)c(C(F)(F)C(F)(F)F)c(F)c(F)c1F. The Morgan fingerprint density at radius 3 is 1.50 bits per heavy atom. The van der Waals surface area contributed by atoms with Crippen molar-refractivity contribution in [2.45, 2.75) is 12.1 Å². The maximum Gasteiger partial charge on any atom is 0.458 e. The molecule has 18 heavy (non-hydrogen) atoms. The van der Waals surface area contributed by atoms with E-state index in [2.05, 4.69) is 11.5 Å². The number of nitrogens with two attached hydrogens (primary N) is 2. The Balaban J connectivity index is 3.72. The van der Waals surface area contributed by atoms with Crippen LogP contribution in [0.4, 0.5) is 46.5 Å². The van der Waals surface area contributed by atoms with Crippen molar-refractivity contribution in [1.29, 1.82) is 0 Å². The van der Waals surface area contributed by atoms with E-state index in [1.807, 2.05) is 0 Å². The average molecular weight is 280 g/mol. The molecule has 102 valence electrons. The highest BCUT2D eigenvalue weighted by Gasteiger charge is 2.61. The van der Waals surface area contributed by atoms with Crippen molar-refractivity contribution >= 4 is 11.4 Å². The Morgan fingerprint density at radius 1 is 0.667 bits per heavy atom. The molecular weight excluding hydrogens is 276 g/mol. The summed E-state index contributed by atoms with van der Waals surface area (Å²) in [6.45, 7) is 0. The van der Waals surface area contributed by atoms with Crippen LogP contribution < -0.4 is 11.5 Å². The summed E-state index contributed by atoms with van der Waals surface area (Å²) in [4.78, 5) is 0. The first-order chi connectivity index (χ1) is 7.93. The molecule has 0 spiro atoms. The van der Waals surface area contributed by atoms with E-state index < -0.39 is 46.5 Å². The molecule has 2 nitrogen and oxygen atoms in total. The predicted octanol–water partition coefficient (Wildman–Crippen LogP) is 2.92. The molecule has 0 atom stereocenters.